The Morgan fingerprint density at radius 2 is 2.04 bits per heavy atom. The van der Waals surface area contributed by atoms with Gasteiger partial charge in [-0.15, -0.1) is 11.7 Å². The number of imidazole rings is 1. The number of fused-ring (bicyclic) bond motifs is 1. The molecule has 6 nitrogen and oxygen atoms in total. The summed E-state index contributed by atoms with van der Waals surface area (Å²) in [6.45, 7) is 7.15. The predicted octanol–water partition coefficient (Wildman–Crippen LogP) is 3.23. The summed E-state index contributed by atoms with van der Waals surface area (Å²) in [5.41, 5.74) is 4.87. The Hall–Kier alpha value is -3.28. The van der Waals surface area contributed by atoms with Gasteiger partial charge in [-0.2, -0.15) is 0 Å². The molecule has 4 rings (SSSR count). The molecule has 0 fully saturated rings. The van der Waals surface area contributed by atoms with Crippen LogP contribution >= 0.6 is 0 Å². The molecule has 0 bridgehead atoms. The third-order valence-corrected chi connectivity index (χ3v) is 4.16. The van der Waals surface area contributed by atoms with Gasteiger partial charge in [0.05, 0.1) is 29.5 Å². The van der Waals surface area contributed by atoms with Crippen molar-refractivity contribution in [2.45, 2.75) is 20.0 Å². The van der Waals surface area contributed by atoms with E-state index in [0.717, 1.165) is 33.8 Å². The van der Waals surface area contributed by atoms with Crippen molar-refractivity contribution < 1.29 is 0 Å². The van der Waals surface area contributed by atoms with Gasteiger partial charge in [0, 0.05) is 12.7 Å². The van der Waals surface area contributed by atoms with Crippen molar-refractivity contribution in [2.24, 2.45) is 0 Å². The molecule has 4 aromatic rings. The molecule has 0 saturated carbocycles. The van der Waals surface area contributed by atoms with Crippen LogP contribution in [0.2, 0.25) is 0 Å². The maximum atomic E-state index is 4.72. The molecular weight excluding hydrogens is 312 g/mol. The van der Waals surface area contributed by atoms with Crippen LogP contribution in [0.5, 0.6) is 0 Å². The van der Waals surface area contributed by atoms with E-state index in [1.165, 1.54) is 0 Å². The SMILES string of the molecule is C=CCn1c(-c2cn(Cc3ncccc3C)nn2)nc2ccccc21. The molecule has 6 heteroatoms. The number of nitrogens with zero attached hydrogens (tertiary/aromatic N) is 6. The van der Waals surface area contributed by atoms with Crippen molar-refractivity contribution in [3.8, 4) is 11.5 Å². The lowest BCUT2D eigenvalue weighted by Gasteiger charge is -2.04. The summed E-state index contributed by atoms with van der Waals surface area (Å²) in [6, 6.07) is 12.0. The number of pyridine rings is 1. The van der Waals surface area contributed by atoms with E-state index >= 15 is 0 Å². The average molecular weight is 330 g/mol. The molecule has 0 unspecified atom stereocenters. The maximum Gasteiger partial charge on any atom is 0.163 e. The van der Waals surface area contributed by atoms with Gasteiger partial charge in [-0.3, -0.25) is 4.98 Å². The molecule has 0 aliphatic rings. The highest BCUT2D eigenvalue weighted by Crippen LogP contribution is 2.23. The number of para-hydroxylation sites is 2. The fourth-order valence-corrected chi connectivity index (χ4v) is 2.90. The topological polar surface area (TPSA) is 61.4 Å². The Morgan fingerprint density at radius 1 is 1.16 bits per heavy atom. The average Bonchev–Trinajstić information content (AvgIpc) is 3.22. The van der Waals surface area contributed by atoms with Gasteiger partial charge in [-0.05, 0) is 30.7 Å². The van der Waals surface area contributed by atoms with Crippen LogP contribution in [0.25, 0.3) is 22.6 Å². The van der Waals surface area contributed by atoms with E-state index in [4.69, 9.17) is 4.98 Å². The fourth-order valence-electron chi connectivity index (χ4n) is 2.90. The highest BCUT2D eigenvalue weighted by Gasteiger charge is 2.15. The summed E-state index contributed by atoms with van der Waals surface area (Å²) in [5, 5.41) is 8.57. The summed E-state index contributed by atoms with van der Waals surface area (Å²) in [5.74, 6) is 0.796. The van der Waals surface area contributed by atoms with Crippen LogP contribution < -0.4 is 0 Å². The van der Waals surface area contributed by atoms with Crippen LogP contribution in [0.4, 0.5) is 0 Å². The van der Waals surface area contributed by atoms with Gasteiger partial charge in [-0.1, -0.05) is 29.5 Å². The number of allylic oxidation sites excluding steroid dienone is 1. The van der Waals surface area contributed by atoms with Gasteiger partial charge in [0.2, 0.25) is 0 Å². The Balaban J connectivity index is 1.73. The van der Waals surface area contributed by atoms with Gasteiger partial charge in [0.25, 0.3) is 0 Å². The minimum atomic E-state index is 0.585. The molecule has 3 aromatic heterocycles. The molecule has 0 N–H and O–H groups in total. The van der Waals surface area contributed by atoms with Gasteiger partial charge in [0.15, 0.2) is 5.82 Å². The van der Waals surface area contributed by atoms with Crippen molar-refractivity contribution in [2.75, 3.05) is 0 Å². The highest BCUT2D eigenvalue weighted by atomic mass is 15.4. The van der Waals surface area contributed by atoms with E-state index in [0.29, 0.717) is 13.1 Å². The molecule has 0 spiro atoms. The van der Waals surface area contributed by atoms with Crippen LogP contribution in [-0.4, -0.2) is 29.5 Å². The predicted molar refractivity (Wildman–Crippen MR) is 97.0 cm³/mol. The van der Waals surface area contributed by atoms with Crippen LogP contribution in [0, 0.1) is 6.92 Å². The summed E-state index contributed by atoms with van der Waals surface area (Å²) in [7, 11) is 0. The number of benzene rings is 1. The van der Waals surface area contributed by atoms with Gasteiger partial charge >= 0.3 is 0 Å². The minimum absolute atomic E-state index is 0.585. The fraction of sp³-hybridized carbons (Fsp3) is 0.158. The molecule has 0 saturated heterocycles. The minimum Gasteiger partial charge on any atom is -0.319 e. The first-order valence-electron chi connectivity index (χ1n) is 8.13. The number of rotatable bonds is 5. The monoisotopic (exact) mass is 330 g/mol. The molecule has 124 valence electrons. The molecule has 0 atom stereocenters. The summed E-state index contributed by atoms with van der Waals surface area (Å²) < 4.78 is 3.89. The second-order valence-electron chi connectivity index (χ2n) is 5.89. The molecule has 1 aromatic carbocycles. The van der Waals surface area contributed by atoms with E-state index < -0.39 is 0 Å². The zero-order valence-electron chi connectivity index (χ0n) is 14.0. The van der Waals surface area contributed by atoms with Crippen LogP contribution in [0.3, 0.4) is 0 Å². The van der Waals surface area contributed by atoms with Gasteiger partial charge in [-0.25, -0.2) is 9.67 Å². The van der Waals surface area contributed by atoms with Crippen LogP contribution in [-0.2, 0) is 13.1 Å². The lowest BCUT2D eigenvalue weighted by atomic mass is 10.2. The largest absolute Gasteiger partial charge is 0.319 e. The van der Waals surface area contributed by atoms with Crippen molar-refractivity contribution in [1.82, 2.24) is 29.5 Å². The lowest BCUT2D eigenvalue weighted by Crippen LogP contribution is -2.04. The molecule has 3 heterocycles. The Labute approximate surface area is 145 Å². The molecule has 0 aliphatic heterocycles. The van der Waals surface area contributed by atoms with Crippen molar-refractivity contribution in [1.29, 1.82) is 0 Å². The second kappa shape index (κ2) is 6.32. The lowest BCUT2D eigenvalue weighted by molar-refractivity contribution is 0.636. The first kappa shape index (κ1) is 15.3. The maximum absolute atomic E-state index is 4.72. The first-order valence-corrected chi connectivity index (χ1v) is 8.13. The molecule has 0 radical (unpaired) electrons. The quantitative estimate of drug-likeness (QED) is 0.527. The van der Waals surface area contributed by atoms with E-state index in [2.05, 4.69) is 32.5 Å². The smallest absolute Gasteiger partial charge is 0.163 e. The number of hydrogen-bond acceptors (Lipinski definition) is 4. The van der Waals surface area contributed by atoms with Crippen LogP contribution in [0.15, 0.2) is 61.4 Å². The zero-order valence-corrected chi connectivity index (χ0v) is 14.0. The summed E-state index contributed by atoms with van der Waals surface area (Å²) in [4.78, 5) is 9.14. The van der Waals surface area contributed by atoms with Crippen molar-refractivity contribution >= 4 is 11.0 Å². The second-order valence-corrected chi connectivity index (χ2v) is 5.89. The standard InChI is InChI=1S/C19H18N6/c1-3-11-25-18-9-5-4-8-15(18)21-19(25)17-13-24(23-22-17)12-16-14(2)7-6-10-20-16/h3-10,13H,1,11-12H2,2H3. The normalized spacial score (nSPS) is 11.1. The molecule has 0 amide bonds. The third-order valence-electron chi connectivity index (χ3n) is 4.16. The van der Waals surface area contributed by atoms with Crippen molar-refractivity contribution in [3.05, 3.63) is 72.7 Å². The van der Waals surface area contributed by atoms with E-state index in [9.17, 15) is 0 Å². The Morgan fingerprint density at radius 3 is 2.88 bits per heavy atom. The number of hydrogen-bond donors (Lipinski definition) is 0. The molecule has 0 aliphatic carbocycles. The van der Waals surface area contributed by atoms with Crippen LogP contribution in [0.1, 0.15) is 11.3 Å². The first-order chi connectivity index (χ1) is 12.3. The van der Waals surface area contributed by atoms with Gasteiger partial charge in [0.1, 0.15) is 5.69 Å². The molecular formula is C19H18N6. The summed E-state index contributed by atoms with van der Waals surface area (Å²) >= 11 is 0. The molecule has 25 heavy (non-hydrogen) atoms. The Kier molecular flexibility index (Phi) is 3.85. The van der Waals surface area contributed by atoms with Crippen molar-refractivity contribution in [3.63, 3.8) is 0 Å². The van der Waals surface area contributed by atoms with E-state index in [-0.39, 0.29) is 0 Å². The summed E-state index contributed by atoms with van der Waals surface area (Å²) in [6.07, 6.45) is 5.57. The number of aromatic nitrogens is 6. The number of aryl methyl sites for hydroxylation is 1. The van der Waals surface area contributed by atoms with E-state index in [1.54, 1.807) is 10.9 Å². The third kappa shape index (κ3) is 2.82. The Bertz CT molecular complexity index is 1040. The highest BCUT2D eigenvalue weighted by molar-refractivity contribution is 5.79. The zero-order chi connectivity index (χ0) is 17.2. The van der Waals surface area contributed by atoms with Gasteiger partial charge < -0.3 is 4.57 Å². The van der Waals surface area contributed by atoms with E-state index in [1.807, 2.05) is 49.5 Å².